The number of carboxylic acids is 1. The number of hydrogen-bond acceptors (Lipinski definition) is 3. The number of piperidine rings is 1. The van der Waals surface area contributed by atoms with Crippen LogP contribution in [0.15, 0.2) is 24.3 Å². The van der Waals surface area contributed by atoms with Gasteiger partial charge in [0.05, 0.1) is 5.92 Å². The number of carboxylic acid groups (broad SMARTS) is 1. The van der Waals surface area contributed by atoms with Crippen molar-refractivity contribution in [3.05, 3.63) is 29.8 Å². The van der Waals surface area contributed by atoms with E-state index in [1.54, 1.807) is 12.1 Å². The highest BCUT2D eigenvalue weighted by atomic mass is 19.3. The van der Waals surface area contributed by atoms with Crippen LogP contribution < -0.4 is 4.74 Å². The molecule has 0 bridgehead atoms. The summed E-state index contributed by atoms with van der Waals surface area (Å²) in [7, 11) is 0. The van der Waals surface area contributed by atoms with Crippen LogP contribution in [-0.2, 0) is 11.3 Å². The molecule has 1 aliphatic rings. The quantitative estimate of drug-likeness (QED) is 0.908. The summed E-state index contributed by atoms with van der Waals surface area (Å²) in [6.07, 6.45) is 0.701. The Bertz CT molecular complexity index is 478. The molecule has 1 saturated heterocycles. The first-order valence-corrected chi connectivity index (χ1v) is 6.93. The molecule has 6 heteroatoms. The fourth-order valence-electron chi connectivity index (χ4n) is 2.80. The lowest BCUT2D eigenvalue weighted by Gasteiger charge is -2.34. The normalized spacial score (nSPS) is 23.2. The topological polar surface area (TPSA) is 49.8 Å². The summed E-state index contributed by atoms with van der Waals surface area (Å²) in [5.41, 5.74) is 0.954. The molecule has 2 unspecified atom stereocenters. The molecule has 116 valence electrons. The molecule has 1 heterocycles. The summed E-state index contributed by atoms with van der Waals surface area (Å²) in [6, 6.07) is 6.46. The van der Waals surface area contributed by atoms with Gasteiger partial charge in [-0.3, -0.25) is 9.69 Å². The van der Waals surface area contributed by atoms with Crippen LogP contribution in [0.25, 0.3) is 0 Å². The van der Waals surface area contributed by atoms with Gasteiger partial charge < -0.3 is 9.84 Å². The molecule has 2 rings (SSSR count). The third-order valence-corrected chi connectivity index (χ3v) is 3.64. The summed E-state index contributed by atoms with van der Waals surface area (Å²) >= 11 is 0. The molecular weight excluding hydrogens is 280 g/mol. The molecule has 0 aromatic heterocycles. The SMILES string of the molecule is CC1CC(C(=O)O)CN(Cc2ccc(OC(F)F)cc2)C1. The number of aliphatic carboxylic acids is 1. The standard InChI is InChI=1S/C15H19F2NO3/c1-10-6-12(14(19)20)9-18(7-10)8-11-2-4-13(5-3-11)21-15(16)17/h2-5,10,12,15H,6-9H2,1H3,(H,19,20). The lowest BCUT2D eigenvalue weighted by molar-refractivity contribution is -0.144. The largest absolute Gasteiger partial charge is 0.481 e. The Hall–Kier alpha value is -1.69. The van der Waals surface area contributed by atoms with Crippen molar-refractivity contribution in [3.8, 4) is 5.75 Å². The Morgan fingerprint density at radius 1 is 1.38 bits per heavy atom. The Balaban J connectivity index is 1.95. The Labute approximate surface area is 122 Å². The van der Waals surface area contributed by atoms with Crippen LogP contribution >= 0.6 is 0 Å². The smallest absolute Gasteiger partial charge is 0.387 e. The maximum Gasteiger partial charge on any atom is 0.387 e. The molecule has 0 spiro atoms. The maximum atomic E-state index is 12.1. The molecule has 4 nitrogen and oxygen atoms in total. The number of benzene rings is 1. The molecule has 2 atom stereocenters. The first-order chi connectivity index (χ1) is 9.94. The van der Waals surface area contributed by atoms with Crippen molar-refractivity contribution in [1.82, 2.24) is 4.90 Å². The minimum absolute atomic E-state index is 0.129. The molecule has 0 amide bonds. The lowest BCUT2D eigenvalue weighted by atomic mass is 9.90. The van der Waals surface area contributed by atoms with Crippen LogP contribution in [0, 0.1) is 11.8 Å². The van der Waals surface area contributed by atoms with Gasteiger partial charge in [-0.15, -0.1) is 0 Å². The van der Waals surface area contributed by atoms with Crippen LogP contribution in [0.4, 0.5) is 8.78 Å². The number of hydrogen-bond donors (Lipinski definition) is 1. The summed E-state index contributed by atoms with van der Waals surface area (Å²) < 4.78 is 28.4. The summed E-state index contributed by atoms with van der Waals surface area (Å²) in [5, 5.41) is 9.15. The van der Waals surface area contributed by atoms with E-state index in [0.717, 1.165) is 12.1 Å². The average Bonchev–Trinajstić information content (AvgIpc) is 2.39. The van der Waals surface area contributed by atoms with Crippen molar-refractivity contribution in [2.24, 2.45) is 11.8 Å². The van der Waals surface area contributed by atoms with Gasteiger partial charge in [0.2, 0.25) is 0 Å². The van der Waals surface area contributed by atoms with Gasteiger partial charge in [-0.2, -0.15) is 8.78 Å². The van der Waals surface area contributed by atoms with E-state index in [2.05, 4.69) is 9.64 Å². The molecule has 1 N–H and O–H groups in total. The molecule has 1 aromatic rings. The number of nitrogens with zero attached hydrogens (tertiary/aromatic N) is 1. The first kappa shape index (κ1) is 15.7. The van der Waals surface area contributed by atoms with Gasteiger partial charge >= 0.3 is 12.6 Å². The van der Waals surface area contributed by atoms with E-state index in [0.29, 0.717) is 25.4 Å². The molecule has 0 aliphatic carbocycles. The second-order valence-electron chi connectivity index (χ2n) is 5.59. The zero-order valence-corrected chi connectivity index (χ0v) is 11.8. The van der Waals surface area contributed by atoms with Gasteiger partial charge in [0, 0.05) is 19.6 Å². The minimum Gasteiger partial charge on any atom is -0.481 e. The third-order valence-electron chi connectivity index (χ3n) is 3.64. The van der Waals surface area contributed by atoms with E-state index in [-0.39, 0.29) is 11.7 Å². The van der Waals surface area contributed by atoms with E-state index in [1.807, 2.05) is 6.92 Å². The highest BCUT2D eigenvalue weighted by molar-refractivity contribution is 5.70. The Morgan fingerprint density at radius 3 is 2.62 bits per heavy atom. The predicted molar refractivity (Wildman–Crippen MR) is 73.3 cm³/mol. The highest BCUT2D eigenvalue weighted by Gasteiger charge is 2.29. The van der Waals surface area contributed by atoms with Crippen molar-refractivity contribution in [1.29, 1.82) is 0 Å². The zero-order chi connectivity index (χ0) is 15.4. The minimum atomic E-state index is -2.82. The van der Waals surface area contributed by atoms with E-state index in [9.17, 15) is 13.6 Å². The fourth-order valence-corrected chi connectivity index (χ4v) is 2.80. The second kappa shape index (κ2) is 6.85. The van der Waals surface area contributed by atoms with Crippen LogP contribution in [0.1, 0.15) is 18.9 Å². The first-order valence-electron chi connectivity index (χ1n) is 6.93. The van der Waals surface area contributed by atoms with Gasteiger partial charge in [0.1, 0.15) is 5.75 Å². The van der Waals surface area contributed by atoms with Crippen LogP contribution in [0.5, 0.6) is 5.75 Å². The van der Waals surface area contributed by atoms with Crippen molar-refractivity contribution in [2.45, 2.75) is 26.5 Å². The van der Waals surface area contributed by atoms with Crippen LogP contribution in [-0.4, -0.2) is 35.7 Å². The second-order valence-corrected chi connectivity index (χ2v) is 5.59. The predicted octanol–water partition coefficient (Wildman–Crippen LogP) is 2.83. The number of halogens is 2. The molecule has 0 radical (unpaired) electrons. The van der Waals surface area contributed by atoms with E-state index in [4.69, 9.17) is 5.11 Å². The molecule has 1 fully saturated rings. The lowest BCUT2D eigenvalue weighted by Crippen LogP contribution is -2.41. The summed E-state index contributed by atoms with van der Waals surface area (Å²) in [6.45, 7) is 1.20. The van der Waals surface area contributed by atoms with E-state index in [1.165, 1.54) is 12.1 Å². The summed E-state index contributed by atoms with van der Waals surface area (Å²) in [4.78, 5) is 13.2. The number of likely N-dealkylation sites (tertiary alicyclic amines) is 1. The van der Waals surface area contributed by atoms with Crippen molar-refractivity contribution < 1.29 is 23.4 Å². The van der Waals surface area contributed by atoms with Gasteiger partial charge in [0.15, 0.2) is 0 Å². The number of carbonyl (C=O) groups is 1. The number of rotatable bonds is 5. The number of ether oxygens (including phenoxy) is 1. The molecular formula is C15H19F2NO3. The van der Waals surface area contributed by atoms with Crippen molar-refractivity contribution in [3.63, 3.8) is 0 Å². The maximum absolute atomic E-state index is 12.1. The van der Waals surface area contributed by atoms with Crippen molar-refractivity contribution in [2.75, 3.05) is 13.1 Å². The average molecular weight is 299 g/mol. The van der Waals surface area contributed by atoms with Gasteiger partial charge in [0.25, 0.3) is 0 Å². The summed E-state index contributed by atoms with van der Waals surface area (Å²) in [5.74, 6) is -0.632. The monoisotopic (exact) mass is 299 g/mol. The van der Waals surface area contributed by atoms with Crippen LogP contribution in [0.3, 0.4) is 0 Å². The van der Waals surface area contributed by atoms with E-state index < -0.39 is 12.6 Å². The van der Waals surface area contributed by atoms with E-state index >= 15 is 0 Å². The fraction of sp³-hybridized carbons (Fsp3) is 0.533. The Morgan fingerprint density at radius 2 is 2.05 bits per heavy atom. The van der Waals surface area contributed by atoms with Gasteiger partial charge in [-0.1, -0.05) is 19.1 Å². The molecule has 0 saturated carbocycles. The highest BCUT2D eigenvalue weighted by Crippen LogP contribution is 2.24. The zero-order valence-electron chi connectivity index (χ0n) is 11.8. The number of alkyl halides is 2. The third kappa shape index (κ3) is 4.67. The molecule has 1 aromatic carbocycles. The van der Waals surface area contributed by atoms with Gasteiger partial charge in [-0.05, 0) is 30.0 Å². The van der Waals surface area contributed by atoms with Gasteiger partial charge in [-0.25, -0.2) is 0 Å². The van der Waals surface area contributed by atoms with Crippen molar-refractivity contribution >= 4 is 5.97 Å². The molecule has 1 aliphatic heterocycles. The van der Waals surface area contributed by atoms with Crippen LogP contribution in [0.2, 0.25) is 0 Å². The molecule has 21 heavy (non-hydrogen) atoms. The Kier molecular flexibility index (Phi) is 5.12.